The molecule has 0 saturated carbocycles. The first-order valence-electron chi connectivity index (χ1n) is 4.04. The van der Waals surface area contributed by atoms with Crippen LogP contribution in [0.1, 0.15) is 19.3 Å². The van der Waals surface area contributed by atoms with E-state index < -0.39 is 5.97 Å². The van der Waals surface area contributed by atoms with E-state index in [0.717, 1.165) is 18.4 Å². The van der Waals surface area contributed by atoms with Crippen LogP contribution in [0.15, 0.2) is 36.0 Å². The summed E-state index contributed by atoms with van der Waals surface area (Å²) < 4.78 is 0. The zero-order valence-corrected chi connectivity index (χ0v) is 6.86. The highest BCUT2D eigenvalue weighted by Gasteiger charge is 1.93. The maximum Gasteiger partial charge on any atom is 0.307 e. The number of carboxylic acids is 1. The Balaban J connectivity index is 2.39. The first kappa shape index (κ1) is 8.78. The van der Waals surface area contributed by atoms with Gasteiger partial charge in [-0.1, -0.05) is 30.4 Å². The lowest BCUT2D eigenvalue weighted by Crippen LogP contribution is -1.90. The van der Waals surface area contributed by atoms with Crippen molar-refractivity contribution in [2.45, 2.75) is 19.3 Å². The molecule has 0 spiro atoms. The van der Waals surface area contributed by atoms with Crippen LogP contribution < -0.4 is 0 Å². The second-order valence-electron chi connectivity index (χ2n) is 2.68. The molecule has 1 N–H and O–H groups in total. The average Bonchev–Trinajstić information content (AvgIpc) is 2.05. The van der Waals surface area contributed by atoms with E-state index in [0.29, 0.717) is 0 Å². The van der Waals surface area contributed by atoms with Gasteiger partial charge in [0.15, 0.2) is 0 Å². The Morgan fingerprint density at radius 2 is 2.42 bits per heavy atom. The van der Waals surface area contributed by atoms with Crippen molar-refractivity contribution in [1.29, 1.82) is 0 Å². The van der Waals surface area contributed by atoms with Gasteiger partial charge >= 0.3 is 5.97 Å². The van der Waals surface area contributed by atoms with E-state index in [4.69, 9.17) is 5.11 Å². The van der Waals surface area contributed by atoms with Crippen molar-refractivity contribution >= 4 is 5.97 Å². The summed E-state index contributed by atoms with van der Waals surface area (Å²) in [5.41, 5.74) is 1.11. The fourth-order valence-corrected chi connectivity index (χ4v) is 1.05. The smallest absolute Gasteiger partial charge is 0.307 e. The van der Waals surface area contributed by atoms with E-state index in [1.165, 1.54) is 0 Å². The van der Waals surface area contributed by atoms with Gasteiger partial charge in [0.2, 0.25) is 0 Å². The van der Waals surface area contributed by atoms with E-state index in [9.17, 15) is 4.79 Å². The largest absolute Gasteiger partial charge is 0.481 e. The summed E-state index contributed by atoms with van der Waals surface area (Å²) in [6.45, 7) is 0. The second-order valence-corrected chi connectivity index (χ2v) is 2.68. The fraction of sp³-hybridized carbons (Fsp3) is 0.300. The molecule has 0 atom stereocenters. The quantitative estimate of drug-likeness (QED) is 0.694. The van der Waals surface area contributed by atoms with Gasteiger partial charge in [-0.05, 0) is 18.4 Å². The summed E-state index contributed by atoms with van der Waals surface area (Å²) in [7, 11) is 0. The van der Waals surface area contributed by atoms with Crippen LogP contribution in [0.5, 0.6) is 0 Å². The lowest BCUT2D eigenvalue weighted by atomic mass is 10.1. The highest BCUT2D eigenvalue weighted by Crippen LogP contribution is 2.10. The molecule has 0 fully saturated rings. The van der Waals surface area contributed by atoms with Crippen molar-refractivity contribution < 1.29 is 9.90 Å². The van der Waals surface area contributed by atoms with Gasteiger partial charge in [0.25, 0.3) is 0 Å². The number of rotatable bonds is 3. The van der Waals surface area contributed by atoms with Gasteiger partial charge < -0.3 is 5.11 Å². The predicted molar refractivity (Wildman–Crippen MR) is 47.8 cm³/mol. The summed E-state index contributed by atoms with van der Waals surface area (Å²) in [6.07, 6.45) is 12.0. The van der Waals surface area contributed by atoms with Crippen molar-refractivity contribution in [3.63, 3.8) is 0 Å². The highest BCUT2D eigenvalue weighted by molar-refractivity contribution is 5.68. The summed E-state index contributed by atoms with van der Waals surface area (Å²) >= 11 is 0. The van der Waals surface area contributed by atoms with Gasteiger partial charge in [0.05, 0.1) is 6.42 Å². The minimum atomic E-state index is -0.786. The summed E-state index contributed by atoms with van der Waals surface area (Å²) in [5, 5.41) is 8.35. The molecule has 0 aromatic heterocycles. The van der Waals surface area contributed by atoms with Gasteiger partial charge in [-0.25, -0.2) is 0 Å². The minimum absolute atomic E-state index is 0.102. The molecule has 0 aromatic rings. The fourth-order valence-electron chi connectivity index (χ4n) is 1.05. The molecule has 0 radical (unpaired) electrons. The number of allylic oxidation sites excluding steroid dienone is 5. The van der Waals surface area contributed by atoms with Gasteiger partial charge in [-0.2, -0.15) is 0 Å². The highest BCUT2D eigenvalue weighted by atomic mass is 16.4. The molecule has 1 aliphatic rings. The van der Waals surface area contributed by atoms with E-state index in [1.807, 2.05) is 12.2 Å². The van der Waals surface area contributed by atoms with Crippen molar-refractivity contribution in [3.8, 4) is 0 Å². The first-order valence-corrected chi connectivity index (χ1v) is 4.04. The van der Waals surface area contributed by atoms with Crippen molar-refractivity contribution in [2.24, 2.45) is 0 Å². The SMILES string of the molecule is O=C(O)C/C=C/C1=CCCC=C1. The standard InChI is InChI=1S/C10H12O2/c11-10(12)8-4-7-9-5-2-1-3-6-9/h2,4-7H,1,3,8H2,(H,11,12)/b7-4+. The van der Waals surface area contributed by atoms with Crippen LogP contribution in [0, 0.1) is 0 Å². The lowest BCUT2D eigenvalue weighted by molar-refractivity contribution is -0.135. The Kier molecular flexibility index (Phi) is 3.33. The van der Waals surface area contributed by atoms with E-state index in [-0.39, 0.29) is 6.42 Å². The van der Waals surface area contributed by atoms with Crippen LogP contribution >= 0.6 is 0 Å². The van der Waals surface area contributed by atoms with Crippen molar-refractivity contribution in [1.82, 2.24) is 0 Å². The molecule has 0 unspecified atom stereocenters. The van der Waals surface area contributed by atoms with Crippen LogP contribution in [-0.4, -0.2) is 11.1 Å². The van der Waals surface area contributed by atoms with E-state index in [2.05, 4.69) is 12.2 Å². The molecule has 2 nitrogen and oxygen atoms in total. The number of carboxylic acid groups (broad SMARTS) is 1. The third-order valence-electron chi connectivity index (χ3n) is 1.63. The number of aliphatic carboxylic acids is 1. The number of hydrogen-bond donors (Lipinski definition) is 1. The van der Waals surface area contributed by atoms with Crippen LogP contribution in [0.4, 0.5) is 0 Å². The van der Waals surface area contributed by atoms with Gasteiger partial charge in [-0.3, -0.25) is 4.79 Å². The molecule has 0 heterocycles. The van der Waals surface area contributed by atoms with Crippen LogP contribution in [0.2, 0.25) is 0 Å². The molecule has 0 bridgehead atoms. The average molecular weight is 164 g/mol. The maximum absolute atomic E-state index is 10.2. The topological polar surface area (TPSA) is 37.3 Å². The Hall–Kier alpha value is -1.31. The Labute approximate surface area is 71.9 Å². The van der Waals surface area contributed by atoms with Crippen molar-refractivity contribution in [3.05, 3.63) is 36.0 Å². The zero-order valence-electron chi connectivity index (χ0n) is 6.86. The third-order valence-corrected chi connectivity index (χ3v) is 1.63. The Bertz CT molecular complexity index is 247. The Morgan fingerprint density at radius 1 is 1.58 bits per heavy atom. The molecule has 2 heteroatoms. The third kappa shape index (κ3) is 3.19. The monoisotopic (exact) mass is 164 g/mol. The number of hydrogen-bond acceptors (Lipinski definition) is 1. The van der Waals surface area contributed by atoms with Crippen LogP contribution in [0.3, 0.4) is 0 Å². The molecule has 12 heavy (non-hydrogen) atoms. The normalized spacial score (nSPS) is 16.5. The zero-order chi connectivity index (χ0) is 8.81. The molecule has 1 aliphatic carbocycles. The van der Waals surface area contributed by atoms with E-state index in [1.54, 1.807) is 6.08 Å². The molecular weight excluding hydrogens is 152 g/mol. The number of carbonyl (C=O) groups is 1. The first-order chi connectivity index (χ1) is 5.79. The van der Waals surface area contributed by atoms with Gasteiger partial charge in [-0.15, -0.1) is 0 Å². The molecular formula is C10H12O2. The van der Waals surface area contributed by atoms with Crippen LogP contribution in [0.25, 0.3) is 0 Å². The van der Waals surface area contributed by atoms with Gasteiger partial charge in [0, 0.05) is 0 Å². The lowest BCUT2D eigenvalue weighted by Gasteiger charge is -1.99. The summed E-state index contributed by atoms with van der Waals surface area (Å²) in [4.78, 5) is 10.2. The molecule has 0 aromatic carbocycles. The maximum atomic E-state index is 10.2. The van der Waals surface area contributed by atoms with Crippen LogP contribution in [-0.2, 0) is 4.79 Å². The molecule has 0 amide bonds. The predicted octanol–water partition coefficient (Wildman–Crippen LogP) is 2.29. The molecule has 1 rings (SSSR count). The summed E-state index contributed by atoms with van der Waals surface area (Å²) in [5.74, 6) is -0.786. The summed E-state index contributed by atoms with van der Waals surface area (Å²) in [6, 6.07) is 0. The van der Waals surface area contributed by atoms with Crippen molar-refractivity contribution in [2.75, 3.05) is 0 Å². The molecule has 0 aliphatic heterocycles. The molecule has 64 valence electrons. The molecule has 0 saturated heterocycles. The second kappa shape index (κ2) is 4.54. The minimum Gasteiger partial charge on any atom is -0.481 e. The Morgan fingerprint density at radius 3 is 3.00 bits per heavy atom. The van der Waals surface area contributed by atoms with Gasteiger partial charge in [0.1, 0.15) is 0 Å². The van der Waals surface area contributed by atoms with E-state index >= 15 is 0 Å².